The zero-order valence-electron chi connectivity index (χ0n) is 14.5. The third kappa shape index (κ3) is 4.28. The van der Waals surface area contributed by atoms with Gasteiger partial charge in [-0.1, -0.05) is 0 Å². The molecule has 0 radical (unpaired) electrons. The van der Waals surface area contributed by atoms with Crippen molar-refractivity contribution in [2.75, 3.05) is 6.54 Å². The standard InChI is InChI=1S/C17H18F2N4O3S/c1-11-6-14(22-10-21-11)8-20-17(24)16-7-13(19)9-23(16)27(25,26)15-4-2-12(18)3-5-15/h2-6,10,13,16H,7-9H2,1H3,(H,20,24). The molecule has 27 heavy (non-hydrogen) atoms. The van der Waals surface area contributed by atoms with Crippen molar-refractivity contribution in [3.05, 3.63) is 53.9 Å². The monoisotopic (exact) mass is 396 g/mol. The summed E-state index contributed by atoms with van der Waals surface area (Å²) in [7, 11) is -4.13. The van der Waals surface area contributed by atoms with Crippen molar-refractivity contribution in [3.8, 4) is 0 Å². The molecule has 1 N–H and O–H groups in total. The Bertz CT molecular complexity index is 937. The van der Waals surface area contributed by atoms with E-state index in [1.54, 1.807) is 13.0 Å². The Morgan fingerprint density at radius 2 is 2.00 bits per heavy atom. The van der Waals surface area contributed by atoms with Crippen molar-refractivity contribution in [2.24, 2.45) is 0 Å². The first-order valence-electron chi connectivity index (χ1n) is 8.24. The van der Waals surface area contributed by atoms with Gasteiger partial charge in [0.05, 0.1) is 17.1 Å². The number of hydrogen-bond donors (Lipinski definition) is 1. The van der Waals surface area contributed by atoms with Crippen molar-refractivity contribution in [1.82, 2.24) is 19.6 Å². The molecule has 1 aromatic carbocycles. The molecule has 2 aromatic rings. The molecule has 1 aliphatic rings. The number of benzene rings is 1. The Morgan fingerprint density at radius 1 is 1.30 bits per heavy atom. The molecule has 1 aromatic heterocycles. The fraction of sp³-hybridized carbons (Fsp3) is 0.353. The van der Waals surface area contributed by atoms with Gasteiger partial charge >= 0.3 is 0 Å². The fourth-order valence-corrected chi connectivity index (χ4v) is 4.53. The summed E-state index contributed by atoms with van der Waals surface area (Å²) >= 11 is 0. The first-order chi connectivity index (χ1) is 12.8. The molecule has 2 heterocycles. The van der Waals surface area contributed by atoms with Gasteiger partial charge in [-0.3, -0.25) is 4.79 Å². The fourth-order valence-electron chi connectivity index (χ4n) is 2.90. The number of nitrogens with zero attached hydrogens (tertiary/aromatic N) is 3. The zero-order chi connectivity index (χ0) is 19.6. The van der Waals surface area contributed by atoms with Crippen molar-refractivity contribution < 1.29 is 22.0 Å². The van der Waals surface area contributed by atoms with Gasteiger partial charge in [0.1, 0.15) is 24.4 Å². The summed E-state index contributed by atoms with van der Waals surface area (Å²) in [6, 6.07) is 4.69. The van der Waals surface area contributed by atoms with E-state index in [0.717, 1.165) is 34.3 Å². The summed E-state index contributed by atoms with van der Waals surface area (Å²) in [5.74, 6) is -1.20. The van der Waals surface area contributed by atoms with Crippen molar-refractivity contribution >= 4 is 15.9 Å². The molecule has 0 spiro atoms. The zero-order valence-corrected chi connectivity index (χ0v) is 15.3. The molecular formula is C17H18F2N4O3S. The van der Waals surface area contributed by atoms with Gasteiger partial charge in [0, 0.05) is 18.7 Å². The van der Waals surface area contributed by atoms with Crippen molar-refractivity contribution in [1.29, 1.82) is 0 Å². The Morgan fingerprint density at radius 3 is 2.67 bits per heavy atom. The number of sulfonamides is 1. The average Bonchev–Trinajstić information content (AvgIpc) is 3.03. The highest BCUT2D eigenvalue weighted by Gasteiger charge is 2.44. The van der Waals surface area contributed by atoms with Crippen LogP contribution in [0.1, 0.15) is 17.8 Å². The van der Waals surface area contributed by atoms with E-state index in [9.17, 15) is 22.0 Å². The lowest BCUT2D eigenvalue weighted by molar-refractivity contribution is -0.124. The molecule has 10 heteroatoms. The highest BCUT2D eigenvalue weighted by Crippen LogP contribution is 2.28. The van der Waals surface area contributed by atoms with E-state index in [2.05, 4.69) is 15.3 Å². The van der Waals surface area contributed by atoms with Gasteiger partial charge in [-0.25, -0.2) is 27.2 Å². The predicted molar refractivity (Wildman–Crippen MR) is 92.2 cm³/mol. The van der Waals surface area contributed by atoms with Gasteiger partial charge in [0.15, 0.2) is 0 Å². The highest BCUT2D eigenvalue weighted by molar-refractivity contribution is 7.89. The van der Waals surface area contributed by atoms with E-state index >= 15 is 0 Å². The minimum Gasteiger partial charge on any atom is -0.349 e. The first kappa shape index (κ1) is 19.3. The van der Waals surface area contributed by atoms with Crippen LogP contribution in [0, 0.1) is 12.7 Å². The number of hydrogen-bond acceptors (Lipinski definition) is 5. The summed E-state index contributed by atoms with van der Waals surface area (Å²) in [5, 5.41) is 2.59. The first-order valence-corrected chi connectivity index (χ1v) is 9.68. The smallest absolute Gasteiger partial charge is 0.243 e. The maximum atomic E-state index is 13.9. The molecule has 1 fully saturated rings. The van der Waals surface area contributed by atoms with Gasteiger partial charge in [0.2, 0.25) is 15.9 Å². The van der Waals surface area contributed by atoms with E-state index in [4.69, 9.17) is 0 Å². The second kappa shape index (κ2) is 7.65. The Balaban J connectivity index is 1.77. The summed E-state index contributed by atoms with van der Waals surface area (Å²) in [5.41, 5.74) is 1.28. The molecule has 0 saturated carbocycles. The minimum atomic E-state index is -4.13. The molecule has 2 atom stereocenters. The number of aromatic nitrogens is 2. The van der Waals surface area contributed by atoms with E-state index in [1.165, 1.54) is 6.33 Å². The second-order valence-electron chi connectivity index (χ2n) is 6.25. The van der Waals surface area contributed by atoms with Gasteiger partial charge in [-0.2, -0.15) is 4.31 Å². The van der Waals surface area contributed by atoms with Crippen LogP contribution in [-0.2, 0) is 21.4 Å². The Labute approximate surface area is 155 Å². The largest absolute Gasteiger partial charge is 0.349 e. The highest BCUT2D eigenvalue weighted by atomic mass is 32.2. The van der Waals surface area contributed by atoms with Crippen LogP contribution < -0.4 is 5.32 Å². The maximum Gasteiger partial charge on any atom is 0.243 e. The topological polar surface area (TPSA) is 92.3 Å². The molecule has 1 saturated heterocycles. The normalized spacial score (nSPS) is 20.6. The number of aryl methyl sites for hydroxylation is 1. The number of alkyl halides is 1. The molecule has 0 bridgehead atoms. The van der Waals surface area contributed by atoms with Crippen LogP contribution in [0.15, 0.2) is 41.6 Å². The van der Waals surface area contributed by atoms with Crippen LogP contribution in [0.25, 0.3) is 0 Å². The van der Waals surface area contributed by atoms with Crippen LogP contribution in [0.3, 0.4) is 0 Å². The lowest BCUT2D eigenvalue weighted by Crippen LogP contribution is -2.45. The van der Waals surface area contributed by atoms with E-state index in [0.29, 0.717) is 5.69 Å². The average molecular weight is 396 g/mol. The molecule has 3 rings (SSSR count). The molecule has 1 amide bonds. The number of halogens is 2. The van der Waals surface area contributed by atoms with Gasteiger partial charge in [-0.05, 0) is 37.3 Å². The predicted octanol–water partition coefficient (Wildman–Crippen LogP) is 1.34. The number of carbonyl (C=O) groups is 1. The van der Waals surface area contributed by atoms with Crippen molar-refractivity contribution in [2.45, 2.75) is 37.0 Å². The molecule has 7 nitrogen and oxygen atoms in total. The summed E-state index contributed by atoms with van der Waals surface area (Å²) < 4.78 is 53.4. The molecule has 0 aliphatic carbocycles. The molecule has 144 valence electrons. The van der Waals surface area contributed by atoms with Gasteiger partial charge < -0.3 is 5.32 Å². The minimum absolute atomic E-state index is 0.0695. The van der Waals surface area contributed by atoms with E-state index in [-0.39, 0.29) is 17.9 Å². The quantitative estimate of drug-likeness (QED) is 0.824. The number of amides is 1. The Kier molecular flexibility index (Phi) is 5.47. The van der Waals surface area contributed by atoms with Gasteiger partial charge in [-0.15, -0.1) is 0 Å². The van der Waals surface area contributed by atoms with E-state index in [1.807, 2.05) is 0 Å². The Hall–Kier alpha value is -2.46. The summed E-state index contributed by atoms with van der Waals surface area (Å²) in [4.78, 5) is 20.3. The summed E-state index contributed by atoms with van der Waals surface area (Å²) in [6.07, 6.45) is -0.345. The maximum absolute atomic E-state index is 13.9. The lowest BCUT2D eigenvalue weighted by Gasteiger charge is -2.23. The SMILES string of the molecule is Cc1cc(CNC(=O)C2CC(F)CN2S(=O)(=O)c2ccc(F)cc2)ncn1. The van der Waals surface area contributed by atoms with Crippen LogP contribution in [-0.4, -0.2) is 47.4 Å². The number of rotatable bonds is 5. The summed E-state index contributed by atoms with van der Waals surface area (Å²) in [6.45, 7) is 1.42. The van der Waals surface area contributed by atoms with E-state index < -0.39 is 40.5 Å². The molecular weight excluding hydrogens is 378 g/mol. The lowest BCUT2D eigenvalue weighted by atomic mass is 10.2. The van der Waals surface area contributed by atoms with Crippen LogP contribution in [0.4, 0.5) is 8.78 Å². The second-order valence-corrected chi connectivity index (χ2v) is 8.14. The van der Waals surface area contributed by atoms with Gasteiger partial charge in [0.25, 0.3) is 0 Å². The third-order valence-corrected chi connectivity index (χ3v) is 6.12. The molecule has 2 unspecified atom stereocenters. The third-order valence-electron chi connectivity index (χ3n) is 4.23. The van der Waals surface area contributed by atoms with Crippen LogP contribution in [0.2, 0.25) is 0 Å². The number of nitrogens with one attached hydrogen (secondary N) is 1. The van der Waals surface area contributed by atoms with Crippen LogP contribution >= 0.6 is 0 Å². The number of carbonyl (C=O) groups excluding carboxylic acids is 1. The van der Waals surface area contributed by atoms with Crippen LogP contribution in [0.5, 0.6) is 0 Å². The molecule has 1 aliphatic heterocycles. The van der Waals surface area contributed by atoms with Crippen molar-refractivity contribution in [3.63, 3.8) is 0 Å².